The summed E-state index contributed by atoms with van der Waals surface area (Å²) in [7, 11) is -3.39. The fraction of sp³-hybridized carbons (Fsp3) is 0.448. The van der Waals surface area contributed by atoms with Crippen molar-refractivity contribution in [2.45, 2.75) is 20.8 Å². The molecular formula is C29H37FN6O3S. The number of morpholine rings is 1. The minimum atomic E-state index is -3.39. The molecule has 9 nitrogen and oxygen atoms in total. The van der Waals surface area contributed by atoms with Gasteiger partial charge < -0.3 is 14.5 Å². The summed E-state index contributed by atoms with van der Waals surface area (Å²) in [6, 6.07) is 9.32. The maximum atomic E-state index is 16.4. The number of ether oxygens (including phenoxy) is 1. The lowest BCUT2D eigenvalue weighted by atomic mass is 10.1. The molecular weight excluding hydrogens is 531 g/mol. The van der Waals surface area contributed by atoms with Gasteiger partial charge in [0, 0.05) is 50.2 Å². The molecule has 2 saturated heterocycles. The van der Waals surface area contributed by atoms with Gasteiger partial charge >= 0.3 is 0 Å². The first-order valence-corrected chi connectivity index (χ1v) is 15.4. The average Bonchev–Trinajstić information content (AvgIpc) is 2.97. The van der Waals surface area contributed by atoms with E-state index in [2.05, 4.69) is 14.8 Å². The Morgan fingerprint density at radius 1 is 1.05 bits per heavy atom. The number of rotatable bonds is 8. The van der Waals surface area contributed by atoms with Crippen LogP contribution in [0.5, 0.6) is 0 Å². The number of fused-ring (bicyclic) bond motifs is 1. The molecule has 2 aliphatic rings. The van der Waals surface area contributed by atoms with E-state index in [0.717, 1.165) is 18.8 Å². The van der Waals surface area contributed by atoms with Crippen molar-refractivity contribution in [3.8, 4) is 0 Å². The Balaban J connectivity index is 1.42. The Bertz CT molecular complexity index is 1470. The van der Waals surface area contributed by atoms with Gasteiger partial charge in [0.05, 0.1) is 53.9 Å². The first kappa shape index (κ1) is 28.3. The predicted octanol–water partition coefficient (Wildman–Crippen LogP) is 4.46. The minimum Gasteiger partial charge on any atom is -0.378 e. The summed E-state index contributed by atoms with van der Waals surface area (Å²) in [4.78, 5) is 13.4. The summed E-state index contributed by atoms with van der Waals surface area (Å²) in [5, 5.41) is 1.39. The van der Waals surface area contributed by atoms with Crippen LogP contribution in [-0.2, 0) is 14.8 Å². The standard InChI is InChI=1S/C29H37FN6O3S/c1-22(2)7-6-18-40(37,38)35-12-10-34(11-13-35)29-23(3)28(26-8-4-5-9-27(26)32-29)36(30)25-19-24(20-31-21-25)33-14-16-39-17-15-33/h4-9,19-22H,10-18H2,1-3H3. The van der Waals surface area contributed by atoms with E-state index in [4.69, 9.17) is 9.72 Å². The van der Waals surface area contributed by atoms with E-state index < -0.39 is 10.0 Å². The van der Waals surface area contributed by atoms with Crippen LogP contribution in [-0.4, -0.2) is 80.9 Å². The molecule has 2 aromatic heterocycles. The lowest BCUT2D eigenvalue weighted by Gasteiger charge is -2.36. The zero-order valence-electron chi connectivity index (χ0n) is 23.3. The van der Waals surface area contributed by atoms with Crippen molar-refractivity contribution in [3.63, 3.8) is 0 Å². The monoisotopic (exact) mass is 568 g/mol. The Kier molecular flexibility index (Phi) is 8.53. The van der Waals surface area contributed by atoms with Crippen molar-refractivity contribution in [1.82, 2.24) is 14.3 Å². The molecule has 3 aromatic rings. The van der Waals surface area contributed by atoms with Crippen LogP contribution >= 0.6 is 0 Å². The molecule has 1 aromatic carbocycles. The zero-order valence-corrected chi connectivity index (χ0v) is 24.1. The van der Waals surface area contributed by atoms with Gasteiger partial charge in [-0.3, -0.25) is 4.98 Å². The average molecular weight is 569 g/mol. The van der Waals surface area contributed by atoms with Crippen LogP contribution in [0.1, 0.15) is 19.4 Å². The normalized spacial score (nSPS) is 17.3. The number of anilines is 4. The summed E-state index contributed by atoms with van der Waals surface area (Å²) < 4.78 is 49.1. The highest BCUT2D eigenvalue weighted by Gasteiger charge is 2.29. The number of sulfonamides is 1. The molecule has 11 heteroatoms. The van der Waals surface area contributed by atoms with Crippen LogP contribution < -0.4 is 14.9 Å². The molecule has 0 amide bonds. The number of hydrogen-bond acceptors (Lipinski definition) is 8. The fourth-order valence-corrected chi connectivity index (χ4v) is 6.50. The van der Waals surface area contributed by atoms with Gasteiger partial charge in [0.1, 0.15) is 5.82 Å². The molecule has 40 heavy (non-hydrogen) atoms. The summed E-state index contributed by atoms with van der Waals surface area (Å²) in [5.41, 5.74) is 2.96. The van der Waals surface area contributed by atoms with Crippen molar-refractivity contribution >= 4 is 43.8 Å². The van der Waals surface area contributed by atoms with E-state index >= 15 is 4.48 Å². The first-order valence-electron chi connectivity index (χ1n) is 13.8. The first-order chi connectivity index (χ1) is 19.2. The number of nitrogens with zero attached hydrogens (tertiary/aromatic N) is 6. The van der Waals surface area contributed by atoms with E-state index in [1.165, 1.54) is 10.5 Å². The number of piperazine rings is 1. The van der Waals surface area contributed by atoms with E-state index in [-0.39, 0.29) is 5.75 Å². The molecule has 0 spiro atoms. The SMILES string of the molecule is Cc1c(N2CCN(S(=O)(=O)CC=CC(C)C)CC2)nc2ccccc2c1N(F)c1cncc(N2CCOCC2)c1. The van der Waals surface area contributed by atoms with Gasteiger partial charge in [0.15, 0.2) is 0 Å². The smallest absolute Gasteiger partial charge is 0.217 e. The summed E-state index contributed by atoms with van der Waals surface area (Å²) in [6.07, 6.45) is 6.91. The van der Waals surface area contributed by atoms with E-state index in [1.807, 2.05) is 57.2 Å². The minimum absolute atomic E-state index is 0.00303. The molecule has 0 radical (unpaired) electrons. The number of pyridine rings is 2. The largest absolute Gasteiger partial charge is 0.378 e. The molecule has 5 rings (SSSR count). The van der Waals surface area contributed by atoms with Crippen molar-refractivity contribution in [1.29, 1.82) is 0 Å². The molecule has 0 atom stereocenters. The second-order valence-corrected chi connectivity index (χ2v) is 12.6. The zero-order chi connectivity index (χ0) is 28.3. The van der Waals surface area contributed by atoms with Crippen molar-refractivity contribution in [2.24, 2.45) is 5.92 Å². The summed E-state index contributed by atoms with van der Waals surface area (Å²) >= 11 is 0. The molecule has 2 fully saturated rings. The summed E-state index contributed by atoms with van der Waals surface area (Å²) in [5.74, 6) is 0.956. The Morgan fingerprint density at radius 3 is 2.50 bits per heavy atom. The van der Waals surface area contributed by atoms with Crippen LogP contribution in [0, 0.1) is 12.8 Å². The molecule has 214 valence electrons. The van der Waals surface area contributed by atoms with Crippen molar-refractivity contribution in [2.75, 3.05) is 73.2 Å². The van der Waals surface area contributed by atoms with Crippen molar-refractivity contribution in [3.05, 3.63) is 60.4 Å². The molecule has 0 saturated carbocycles. The maximum absolute atomic E-state index is 16.4. The lowest BCUT2D eigenvalue weighted by Crippen LogP contribution is -2.49. The fourth-order valence-electron chi connectivity index (χ4n) is 5.22. The van der Waals surface area contributed by atoms with Gasteiger partial charge in [-0.1, -0.05) is 48.7 Å². The lowest BCUT2D eigenvalue weighted by molar-refractivity contribution is 0.122. The highest BCUT2D eigenvalue weighted by molar-refractivity contribution is 7.89. The van der Waals surface area contributed by atoms with Gasteiger partial charge in [-0.25, -0.2) is 13.4 Å². The number of benzene rings is 1. The second-order valence-electron chi connectivity index (χ2n) is 10.5. The van der Waals surface area contributed by atoms with E-state index in [9.17, 15) is 8.42 Å². The van der Waals surface area contributed by atoms with Crippen LogP contribution in [0.2, 0.25) is 0 Å². The number of hydrogen-bond donors (Lipinski definition) is 0. The van der Waals surface area contributed by atoms with E-state index in [1.54, 1.807) is 12.3 Å². The third kappa shape index (κ3) is 6.06. The number of aromatic nitrogens is 2. The van der Waals surface area contributed by atoms with Crippen LogP contribution in [0.3, 0.4) is 0 Å². The predicted molar refractivity (Wildman–Crippen MR) is 159 cm³/mol. The van der Waals surface area contributed by atoms with Crippen molar-refractivity contribution < 1.29 is 17.6 Å². The molecule has 0 N–H and O–H groups in total. The van der Waals surface area contributed by atoms with Gasteiger partial charge in [-0.05, 0) is 25.0 Å². The Labute approximate surface area is 235 Å². The molecule has 0 aliphatic carbocycles. The third-order valence-electron chi connectivity index (χ3n) is 7.34. The number of allylic oxidation sites excluding steroid dienone is 1. The van der Waals surface area contributed by atoms with Crippen LogP contribution in [0.4, 0.5) is 27.4 Å². The van der Waals surface area contributed by atoms with E-state index in [0.29, 0.717) is 84.1 Å². The molecule has 2 aliphatic heterocycles. The molecule has 0 bridgehead atoms. The van der Waals surface area contributed by atoms with Gasteiger partial charge in [-0.2, -0.15) is 9.43 Å². The maximum Gasteiger partial charge on any atom is 0.217 e. The quantitative estimate of drug-likeness (QED) is 0.291. The number of halogens is 1. The second kappa shape index (κ2) is 12.1. The molecule has 4 heterocycles. The highest BCUT2D eigenvalue weighted by Crippen LogP contribution is 2.40. The van der Waals surface area contributed by atoms with Crippen LogP contribution in [0.25, 0.3) is 10.9 Å². The number of para-hydroxylation sites is 1. The summed E-state index contributed by atoms with van der Waals surface area (Å²) in [6.45, 7) is 10.3. The molecule has 0 unspecified atom stereocenters. The van der Waals surface area contributed by atoms with Gasteiger partial charge in [0.25, 0.3) is 0 Å². The third-order valence-corrected chi connectivity index (χ3v) is 9.11. The van der Waals surface area contributed by atoms with Gasteiger partial charge in [-0.15, -0.1) is 0 Å². The Hall–Kier alpha value is -3.28. The highest BCUT2D eigenvalue weighted by atomic mass is 32.2. The van der Waals surface area contributed by atoms with Gasteiger partial charge in [0.2, 0.25) is 10.0 Å². The Morgan fingerprint density at radius 2 is 1.77 bits per heavy atom. The van der Waals surface area contributed by atoms with Crippen LogP contribution in [0.15, 0.2) is 54.9 Å². The topological polar surface area (TPSA) is 82.1 Å².